The number of ether oxygens (including phenoxy) is 2. The quantitative estimate of drug-likeness (QED) is 0.208. The smallest absolute Gasteiger partial charge is 0.409 e. The summed E-state index contributed by atoms with van der Waals surface area (Å²) in [5, 5.41) is 2.86. The predicted octanol–water partition coefficient (Wildman–Crippen LogP) is 2.53. The number of nitrogens with zero attached hydrogens (tertiary/aromatic N) is 3. The van der Waals surface area contributed by atoms with Crippen LogP contribution in [0.3, 0.4) is 0 Å². The fraction of sp³-hybridized carbons (Fsp3) is 0.677. The molecule has 0 aromatic heterocycles. The van der Waals surface area contributed by atoms with E-state index in [2.05, 4.69) is 15.0 Å². The first-order valence-electron chi connectivity index (χ1n) is 15.4. The van der Waals surface area contributed by atoms with Crippen molar-refractivity contribution in [3.63, 3.8) is 0 Å². The zero-order chi connectivity index (χ0) is 33.9. The first-order valence-corrected chi connectivity index (χ1v) is 16.9. The van der Waals surface area contributed by atoms with Gasteiger partial charge in [-0.05, 0) is 71.1 Å². The molecule has 0 unspecified atom stereocenters. The normalized spacial score (nSPS) is 17.3. The van der Waals surface area contributed by atoms with Crippen LogP contribution in [-0.4, -0.2) is 93.1 Å². The van der Waals surface area contributed by atoms with E-state index in [-0.39, 0.29) is 42.2 Å². The van der Waals surface area contributed by atoms with E-state index >= 15 is 0 Å². The highest BCUT2D eigenvalue weighted by Crippen LogP contribution is 2.43. The molecule has 3 amide bonds. The molecule has 1 aromatic carbocycles. The van der Waals surface area contributed by atoms with Gasteiger partial charge in [-0.1, -0.05) is 20.8 Å². The lowest BCUT2D eigenvalue weighted by molar-refractivity contribution is -0.140. The molecule has 4 N–H and O–H groups in total. The van der Waals surface area contributed by atoms with Crippen LogP contribution in [0, 0.1) is 26.2 Å². The molecule has 1 fully saturated rings. The maximum atomic E-state index is 13.5. The lowest BCUT2D eigenvalue weighted by Gasteiger charge is -2.36. The molecule has 252 valence electrons. The van der Waals surface area contributed by atoms with Gasteiger partial charge in [0.15, 0.2) is 0 Å². The molecule has 2 heterocycles. The third-order valence-corrected chi connectivity index (χ3v) is 9.76. The molecule has 1 aromatic rings. The molecule has 2 aliphatic heterocycles. The second-order valence-corrected chi connectivity index (χ2v) is 15.0. The highest BCUT2D eigenvalue weighted by molar-refractivity contribution is 7.90. The van der Waals surface area contributed by atoms with Gasteiger partial charge in [-0.15, -0.1) is 0 Å². The topological polar surface area (TPSA) is 173 Å². The van der Waals surface area contributed by atoms with Crippen LogP contribution in [0.5, 0.6) is 5.75 Å². The number of nitrogens with two attached hydrogens (primary N) is 1. The molecule has 45 heavy (non-hydrogen) atoms. The molecule has 3 rings (SSSR count). The van der Waals surface area contributed by atoms with E-state index in [0.29, 0.717) is 50.1 Å². The maximum Gasteiger partial charge on any atom is 0.409 e. The number of amides is 3. The minimum Gasteiger partial charge on any atom is -0.487 e. The van der Waals surface area contributed by atoms with E-state index in [9.17, 15) is 22.8 Å². The summed E-state index contributed by atoms with van der Waals surface area (Å²) >= 11 is 0. The zero-order valence-electron chi connectivity index (χ0n) is 28.1. The Bertz CT molecular complexity index is 1440. The molecule has 2 aliphatic rings. The van der Waals surface area contributed by atoms with Crippen molar-refractivity contribution in [1.82, 2.24) is 19.8 Å². The van der Waals surface area contributed by atoms with Gasteiger partial charge >= 0.3 is 6.09 Å². The third kappa shape index (κ3) is 8.59. The molecular weight excluding hydrogens is 600 g/mol. The van der Waals surface area contributed by atoms with E-state index in [0.717, 1.165) is 16.9 Å². The number of fused-ring (bicyclic) bond motifs is 1. The van der Waals surface area contributed by atoms with E-state index < -0.39 is 33.2 Å². The van der Waals surface area contributed by atoms with Crippen LogP contribution >= 0.6 is 0 Å². The Balaban J connectivity index is 1.67. The molecule has 0 spiro atoms. The average molecular weight is 651 g/mol. The summed E-state index contributed by atoms with van der Waals surface area (Å²) in [6.45, 7) is 18.0. The summed E-state index contributed by atoms with van der Waals surface area (Å²) in [4.78, 5) is 45.9. The Hall–Kier alpha value is -3.55. The van der Waals surface area contributed by atoms with Crippen molar-refractivity contribution in [1.29, 1.82) is 0 Å². The monoisotopic (exact) mass is 650 g/mol. The number of hydrogen-bond donors (Lipinski definition) is 3. The van der Waals surface area contributed by atoms with E-state index in [1.54, 1.807) is 51.3 Å². The van der Waals surface area contributed by atoms with Gasteiger partial charge in [0.05, 0.1) is 11.5 Å². The van der Waals surface area contributed by atoms with Crippen molar-refractivity contribution in [2.45, 2.75) is 98.1 Å². The van der Waals surface area contributed by atoms with Crippen LogP contribution in [0.25, 0.3) is 0 Å². The highest BCUT2D eigenvalue weighted by Gasteiger charge is 2.37. The van der Waals surface area contributed by atoms with Crippen LogP contribution in [0.2, 0.25) is 0 Å². The number of carbonyl (C=O) groups is 3. The van der Waals surface area contributed by atoms with Gasteiger partial charge in [-0.2, -0.15) is 0 Å². The number of hydrogen-bond acceptors (Lipinski definition) is 8. The SMILES string of the molecule is CCOC(=O)N1CCN(C(=O)[C@H](CCCN=C(N)NS(=O)(=O)c2c(C)c(C)c3c(c2C)CC(C)(C)O3)NC(=O)C(C)(C)C)CC1. The highest BCUT2D eigenvalue weighted by atomic mass is 32.2. The number of sulfonamides is 1. The number of carbonyl (C=O) groups excluding carboxylic acids is 3. The molecule has 0 aliphatic carbocycles. The summed E-state index contributed by atoms with van der Waals surface area (Å²) < 4.78 is 40.5. The summed E-state index contributed by atoms with van der Waals surface area (Å²) in [6.07, 6.45) is 0.797. The van der Waals surface area contributed by atoms with Crippen molar-refractivity contribution < 1.29 is 32.3 Å². The van der Waals surface area contributed by atoms with Crippen LogP contribution in [0.4, 0.5) is 4.79 Å². The molecule has 0 radical (unpaired) electrons. The molecule has 13 nitrogen and oxygen atoms in total. The number of benzene rings is 1. The standard InChI is InChI=1S/C31H50N6O7S/c1-10-43-29(40)37-16-14-36(15-17-37)26(38)23(34-27(39)30(5,6)7)12-11-13-33-28(32)35-45(41,42)25-20(3)19(2)24-22(21(25)4)18-31(8,9)44-24/h23H,10-18H2,1-9H3,(H,34,39)(H3,32,33,35)/t23-/m0/s1. The predicted molar refractivity (Wildman–Crippen MR) is 172 cm³/mol. The summed E-state index contributed by atoms with van der Waals surface area (Å²) in [5.74, 6) is -0.0517. The fourth-order valence-electron chi connectivity index (χ4n) is 5.54. The number of aliphatic imine (C=N–C) groups is 1. The maximum absolute atomic E-state index is 13.5. The summed E-state index contributed by atoms with van der Waals surface area (Å²) in [5.41, 5.74) is 7.74. The van der Waals surface area contributed by atoms with Gasteiger partial charge in [0.25, 0.3) is 10.0 Å². The van der Waals surface area contributed by atoms with Crippen molar-refractivity contribution in [2.24, 2.45) is 16.1 Å². The van der Waals surface area contributed by atoms with E-state index in [1.165, 1.54) is 0 Å². The van der Waals surface area contributed by atoms with Crippen LogP contribution in [0.1, 0.15) is 76.6 Å². The Kier molecular flexibility index (Phi) is 11.0. The Morgan fingerprint density at radius 2 is 1.64 bits per heavy atom. The van der Waals surface area contributed by atoms with Crippen molar-refractivity contribution in [2.75, 3.05) is 39.3 Å². The number of nitrogens with one attached hydrogen (secondary N) is 2. The number of rotatable bonds is 9. The van der Waals surface area contributed by atoms with Gasteiger partial charge in [-0.25, -0.2) is 17.9 Å². The third-order valence-electron chi connectivity index (χ3n) is 8.13. The molecule has 14 heteroatoms. The number of piperazine rings is 1. The van der Waals surface area contributed by atoms with E-state index in [4.69, 9.17) is 15.2 Å². The minimum absolute atomic E-state index is 0.128. The van der Waals surface area contributed by atoms with Crippen LogP contribution < -0.4 is 20.5 Å². The van der Waals surface area contributed by atoms with Gasteiger partial charge in [0.2, 0.25) is 17.8 Å². The van der Waals surface area contributed by atoms with E-state index in [1.807, 2.05) is 20.8 Å². The second-order valence-electron chi connectivity index (χ2n) is 13.4. The van der Waals surface area contributed by atoms with Crippen molar-refractivity contribution in [3.8, 4) is 5.75 Å². The summed E-state index contributed by atoms with van der Waals surface area (Å²) in [6, 6.07) is -0.815. The Morgan fingerprint density at radius 1 is 1.04 bits per heavy atom. The first kappa shape index (κ1) is 35.9. The summed E-state index contributed by atoms with van der Waals surface area (Å²) in [7, 11) is -4.05. The largest absolute Gasteiger partial charge is 0.487 e. The van der Waals surface area contributed by atoms with Crippen molar-refractivity contribution >= 4 is 33.9 Å². The lowest BCUT2D eigenvalue weighted by atomic mass is 9.94. The average Bonchev–Trinajstić information content (AvgIpc) is 3.28. The minimum atomic E-state index is -4.05. The van der Waals surface area contributed by atoms with Crippen LogP contribution in [-0.2, 0) is 30.8 Å². The fourth-order valence-corrected chi connectivity index (χ4v) is 7.06. The van der Waals surface area contributed by atoms with Crippen molar-refractivity contribution in [3.05, 3.63) is 22.3 Å². The van der Waals surface area contributed by atoms with Gasteiger partial charge < -0.3 is 30.3 Å². The van der Waals surface area contributed by atoms with Gasteiger partial charge in [0.1, 0.15) is 17.4 Å². The van der Waals surface area contributed by atoms with Crippen LogP contribution in [0.15, 0.2) is 9.89 Å². The molecule has 1 saturated heterocycles. The first-order chi connectivity index (χ1) is 20.8. The number of guanidine groups is 1. The molecule has 1 atom stereocenters. The van der Waals surface area contributed by atoms with Gasteiger partial charge in [-0.3, -0.25) is 14.6 Å². The Labute approximate surface area is 267 Å². The second kappa shape index (κ2) is 13.8. The van der Waals surface area contributed by atoms with Gasteiger partial charge in [0, 0.05) is 50.1 Å². The molecule has 0 saturated carbocycles. The molecular formula is C31H50N6O7S. The Morgan fingerprint density at radius 3 is 2.22 bits per heavy atom. The zero-order valence-corrected chi connectivity index (χ0v) is 28.9. The molecule has 0 bridgehead atoms. The lowest BCUT2D eigenvalue weighted by Crippen LogP contribution is -2.56.